The van der Waals surface area contributed by atoms with Crippen LogP contribution in [0.15, 0.2) is 52.3 Å². The van der Waals surface area contributed by atoms with E-state index in [9.17, 15) is 14.9 Å². The van der Waals surface area contributed by atoms with E-state index in [2.05, 4.69) is 17.1 Å². The van der Waals surface area contributed by atoms with Gasteiger partial charge in [0, 0.05) is 33.7 Å². The number of thioether (sulfide) groups is 1. The molecule has 6 nitrogen and oxygen atoms in total. The van der Waals surface area contributed by atoms with Crippen molar-refractivity contribution in [2.75, 3.05) is 0 Å². The highest BCUT2D eigenvalue weighted by atomic mass is 32.2. The quantitative estimate of drug-likeness (QED) is 0.364. The molecule has 1 N–H and O–H groups in total. The Bertz CT molecular complexity index is 1280. The average molecular weight is 481 g/mol. The number of fused-ring (bicyclic) bond motifs is 6. The topological polar surface area (TPSA) is 85.2 Å². The van der Waals surface area contributed by atoms with Crippen LogP contribution in [0.3, 0.4) is 0 Å². The summed E-state index contributed by atoms with van der Waals surface area (Å²) in [7, 11) is 0. The Morgan fingerprint density at radius 1 is 1.15 bits per heavy atom. The lowest BCUT2D eigenvalue weighted by molar-refractivity contribution is -0.385. The highest BCUT2D eigenvalue weighted by Gasteiger charge is 2.55. The van der Waals surface area contributed by atoms with Crippen LogP contribution in [0.25, 0.3) is 0 Å². The average Bonchev–Trinajstić information content (AvgIpc) is 3.51. The van der Waals surface area contributed by atoms with Gasteiger partial charge in [-0.25, -0.2) is 0 Å². The van der Waals surface area contributed by atoms with E-state index in [-0.39, 0.29) is 21.4 Å². The van der Waals surface area contributed by atoms with Crippen molar-refractivity contribution in [3.63, 3.8) is 0 Å². The van der Waals surface area contributed by atoms with E-state index in [0.717, 1.165) is 21.0 Å². The number of benzene rings is 2. The van der Waals surface area contributed by atoms with Crippen molar-refractivity contribution < 1.29 is 9.66 Å². The van der Waals surface area contributed by atoms with Gasteiger partial charge in [0.2, 0.25) is 0 Å². The molecule has 1 aliphatic heterocycles. The van der Waals surface area contributed by atoms with E-state index in [0.29, 0.717) is 35.4 Å². The smallest absolute Gasteiger partial charge is 0.305 e. The number of nitro benzene ring substituents is 1. The summed E-state index contributed by atoms with van der Waals surface area (Å²) in [5.74, 6) is 2.23. The van der Waals surface area contributed by atoms with Crippen LogP contribution in [0.4, 0.5) is 5.69 Å². The van der Waals surface area contributed by atoms with Crippen LogP contribution < -0.4 is 9.61 Å². The molecule has 0 unspecified atom stereocenters. The molecule has 0 saturated heterocycles. The molecule has 2 heterocycles. The maximum atomic E-state index is 12.3. The molecule has 0 radical (unpaired) electrons. The molecule has 170 valence electrons. The van der Waals surface area contributed by atoms with Crippen LogP contribution in [0.2, 0.25) is 0 Å². The number of hydrogen-bond donors (Lipinski definition) is 1. The summed E-state index contributed by atoms with van der Waals surface area (Å²) in [6.45, 7) is 2.44. The number of ether oxygens (including phenoxy) is 1. The predicted octanol–water partition coefficient (Wildman–Crippen LogP) is 5.88. The Morgan fingerprint density at radius 2 is 1.94 bits per heavy atom. The fourth-order valence-electron chi connectivity index (χ4n) is 6.07. The van der Waals surface area contributed by atoms with Crippen molar-refractivity contribution >= 4 is 28.8 Å². The maximum Gasteiger partial charge on any atom is 0.305 e. The van der Waals surface area contributed by atoms with Gasteiger partial charge in [0.15, 0.2) is 0 Å². The summed E-state index contributed by atoms with van der Waals surface area (Å²) in [4.78, 5) is 27.7. The summed E-state index contributed by atoms with van der Waals surface area (Å²) in [6.07, 6.45) is 3.65. The molecule has 2 aromatic carbocycles. The number of nitrogens with zero attached hydrogens (tertiary/aromatic N) is 1. The molecule has 3 aliphatic rings. The molecule has 2 saturated carbocycles. The number of aryl methyl sites for hydroxylation is 1. The van der Waals surface area contributed by atoms with Gasteiger partial charge in [-0.1, -0.05) is 41.2 Å². The first-order valence-corrected chi connectivity index (χ1v) is 13.0. The second-order valence-electron chi connectivity index (χ2n) is 9.43. The minimum absolute atomic E-state index is 0.0570. The predicted molar refractivity (Wildman–Crippen MR) is 129 cm³/mol. The number of aromatic amines is 1. The largest absolute Gasteiger partial charge is 0.489 e. The number of hydrogen-bond acceptors (Lipinski definition) is 6. The van der Waals surface area contributed by atoms with E-state index in [4.69, 9.17) is 4.74 Å². The Morgan fingerprint density at radius 3 is 2.73 bits per heavy atom. The molecule has 8 heteroatoms. The van der Waals surface area contributed by atoms with Crippen LogP contribution >= 0.6 is 23.1 Å². The van der Waals surface area contributed by atoms with Crippen LogP contribution in [-0.2, 0) is 6.61 Å². The van der Waals surface area contributed by atoms with Crippen LogP contribution in [0.5, 0.6) is 5.75 Å². The first-order valence-electron chi connectivity index (χ1n) is 11.3. The minimum atomic E-state index is -0.344. The van der Waals surface area contributed by atoms with Crippen molar-refractivity contribution in [2.24, 2.45) is 17.8 Å². The summed E-state index contributed by atoms with van der Waals surface area (Å²) in [5, 5.41) is 13.1. The monoisotopic (exact) mass is 480 g/mol. The van der Waals surface area contributed by atoms with Crippen molar-refractivity contribution in [3.8, 4) is 5.75 Å². The third-order valence-electron chi connectivity index (χ3n) is 7.52. The lowest BCUT2D eigenvalue weighted by atomic mass is 9.74. The van der Waals surface area contributed by atoms with E-state index in [1.54, 1.807) is 12.1 Å². The zero-order chi connectivity index (χ0) is 22.7. The summed E-state index contributed by atoms with van der Waals surface area (Å²) >= 11 is 3.07. The van der Waals surface area contributed by atoms with Gasteiger partial charge >= 0.3 is 4.87 Å². The number of non-ortho nitro benzene ring substituents is 1. The molecule has 6 rings (SSSR count). The molecule has 2 aliphatic carbocycles. The Labute approximate surface area is 199 Å². The van der Waals surface area contributed by atoms with Gasteiger partial charge < -0.3 is 9.72 Å². The number of nitrogens with one attached hydrogen (secondary N) is 1. The normalized spacial score (nSPS) is 27.2. The van der Waals surface area contributed by atoms with Crippen molar-refractivity contribution in [1.82, 2.24) is 4.98 Å². The third-order valence-corrected chi connectivity index (χ3v) is 10.1. The molecule has 33 heavy (non-hydrogen) atoms. The second kappa shape index (κ2) is 8.02. The van der Waals surface area contributed by atoms with Crippen LogP contribution in [-0.4, -0.2) is 15.2 Å². The molecule has 2 fully saturated rings. The van der Waals surface area contributed by atoms with Gasteiger partial charge in [-0.15, -0.1) is 11.8 Å². The van der Waals surface area contributed by atoms with Gasteiger partial charge in [0.05, 0.1) is 9.95 Å². The van der Waals surface area contributed by atoms with Gasteiger partial charge in [0.1, 0.15) is 12.4 Å². The highest BCUT2D eigenvalue weighted by Crippen LogP contribution is 2.64. The Balaban J connectivity index is 1.44. The number of thiazole rings is 1. The molecule has 3 aromatic rings. The van der Waals surface area contributed by atoms with E-state index < -0.39 is 0 Å². The molecular weight excluding hydrogens is 456 g/mol. The third kappa shape index (κ3) is 3.60. The van der Waals surface area contributed by atoms with Gasteiger partial charge in [-0.2, -0.15) is 0 Å². The fourth-order valence-corrected chi connectivity index (χ4v) is 8.95. The molecule has 0 amide bonds. The first-order chi connectivity index (χ1) is 16.0. The van der Waals surface area contributed by atoms with Crippen molar-refractivity contribution in [1.29, 1.82) is 0 Å². The van der Waals surface area contributed by atoms with E-state index in [1.807, 2.05) is 30.8 Å². The molecule has 5 atom stereocenters. The zero-order valence-electron chi connectivity index (χ0n) is 18.2. The standard InChI is InChI=1S/C25H24N2O4S2/c1-13-2-4-14(5-3-13)12-31-19-9-8-17(27(29)30)11-18(19)21-20-15-6-7-16(10-15)22(20)32-24-23(21)33-25(28)26-24/h2-5,8-9,11,15-16,20-22H,6-7,10,12H2,1H3,(H,26,28)/t15-,16+,20+,21-,22-/m0/s1. The highest BCUT2D eigenvalue weighted by molar-refractivity contribution is 8.00. The summed E-state index contributed by atoms with van der Waals surface area (Å²) < 4.78 is 6.29. The lowest BCUT2D eigenvalue weighted by Crippen LogP contribution is -2.33. The Hall–Kier alpha value is -2.58. The minimum Gasteiger partial charge on any atom is -0.489 e. The van der Waals surface area contributed by atoms with Gasteiger partial charge in [-0.3, -0.25) is 14.9 Å². The Kier molecular flexibility index (Phi) is 5.10. The van der Waals surface area contributed by atoms with Crippen molar-refractivity contribution in [2.45, 2.75) is 49.0 Å². The first kappa shape index (κ1) is 21.0. The molecule has 0 spiro atoms. The van der Waals surface area contributed by atoms with Crippen molar-refractivity contribution in [3.05, 3.63) is 83.8 Å². The zero-order valence-corrected chi connectivity index (χ0v) is 19.8. The van der Waals surface area contributed by atoms with Crippen LogP contribution in [0.1, 0.15) is 46.7 Å². The molecule has 2 bridgehead atoms. The molecular formula is C25H24N2O4S2. The lowest BCUT2D eigenvalue weighted by Gasteiger charge is -2.40. The number of aromatic nitrogens is 1. The number of H-pyrrole nitrogens is 1. The number of nitro groups is 1. The maximum absolute atomic E-state index is 12.3. The van der Waals surface area contributed by atoms with Gasteiger partial charge in [0.25, 0.3) is 5.69 Å². The van der Waals surface area contributed by atoms with E-state index in [1.165, 1.54) is 42.2 Å². The number of rotatable bonds is 5. The SMILES string of the molecule is Cc1ccc(COc2ccc([N+](=O)[O-])cc2[C@@H]2c3sc(=O)[nH]c3S[C@H]3[C@@H]4CC[C@@H](C4)[C@H]23)cc1. The fraction of sp³-hybridized carbons (Fsp3) is 0.400. The van der Waals surface area contributed by atoms with Gasteiger partial charge in [-0.05, 0) is 55.6 Å². The summed E-state index contributed by atoms with van der Waals surface area (Å²) in [5.41, 5.74) is 3.14. The van der Waals surface area contributed by atoms with E-state index >= 15 is 0 Å². The van der Waals surface area contributed by atoms with Crippen LogP contribution in [0, 0.1) is 34.8 Å². The molecule has 1 aromatic heterocycles. The summed E-state index contributed by atoms with van der Waals surface area (Å²) in [6, 6.07) is 13.1. The second-order valence-corrected chi connectivity index (χ2v) is 11.6.